The van der Waals surface area contributed by atoms with Crippen LogP contribution in [0.4, 0.5) is 5.69 Å². The van der Waals surface area contributed by atoms with Crippen molar-refractivity contribution < 1.29 is 9.21 Å². The third-order valence-electron chi connectivity index (χ3n) is 3.02. The van der Waals surface area contributed by atoms with E-state index in [1.54, 1.807) is 13.1 Å². The molecular weight excluding hydrogens is 290 g/mol. The lowest BCUT2D eigenvalue weighted by atomic mass is 10.1. The second-order valence-electron chi connectivity index (χ2n) is 4.77. The topological polar surface area (TPSA) is 67.2 Å². The number of anilines is 1. The monoisotopic (exact) mass is 309 g/mol. The van der Waals surface area contributed by atoms with Crippen LogP contribution in [0.5, 0.6) is 0 Å². The Morgan fingerprint density at radius 2 is 2.00 bits per heavy atom. The van der Waals surface area contributed by atoms with Crippen LogP contribution >= 0.6 is 12.4 Å². The number of oxazole rings is 1. The van der Waals surface area contributed by atoms with Gasteiger partial charge in [0.25, 0.3) is 0 Å². The minimum atomic E-state index is -0.0726. The SMILES string of the molecule is CNCC(C)C(=O)Nc1ccc(-c2cnc(C)o2)cc1.Cl. The molecule has 0 saturated carbocycles. The predicted molar refractivity (Wildman–Crippen MR) is 85.6 cm³/mol. The van der Waals surface area contributed by atoms with Crippen LogP contribution in [0.2, 0.25) is 0 Å². The minimum Gasteiger partial charge on any atom is -0.441 e. The van der Waals surface area contributed by atoms with Crippen molar-refractivity contribution in [2.24, 2.45) is 5.92 Å². The first kappa shape index (κ1) is 17.2. The number of rotatable bonds is 5. The molecule has 1 atom stereocenters. The van der Waals surface area contributed by atoms with E-state index in [2.05, 4.69) is 15.6 Å². The standard InChI is InChI=1S/C15H19N3O2.ClH/c1-10(8-16-3)15(19)18-13-6-4-12(5-7-13)14-9-17-11(2)20-14;/h4-7,9-10,16H,8H2,1-3H3,(H,18,19);1H. The summed E-state index contributed by atoms with van der Waals surface area (Å²) in [6, 6.07) is 7.52. The van der Waals surface area contributed by atoms with Gasteiger partial charge in [-0.25, -0.2) is 4.98 Å². The van der Waals surface area contributed by atoms with E-state index >= 15 is 0 Å². The van der Waals surface area contributed by atoms with Gasteiger partial charge in [-0.15, -0.1) is 12.4 Å². The molecule has 1 heterocycles. The summed E-state index contributed by atoms with van der Waals surface area (Å²) in [5, 5.41) is 5.87. The van der Waals surface area contributed by atoms with Gasteiger partial charge >= 0.3 is 0 Å². The van der Waals surface area contributed by atoms with Gasteiger partial charge in [0.2, 0.25) is 5.91 Å². The number of nitrogens with one attached hydrogen (secondary N) is 2. The molecule has 21 heavy (non-hydrogen) atoms. The molecule has 114 valence electrons. The first-order valence-electron chi connectivity index (χ1n) is 6.58. The number of carbonyl (C=O) groups is 1. The summed E-state index contributed by atoms with van der Waals surface area (Å²) in [4.78, 5) is 15.9. The zero-order chi connectivity index (χ0) is 14.5. The smallest absolute Gasteiger partial charge is 0.228 e. The molecule has 1 unspecified atom stereocenters. The third-order valence-corrected chi connectivity index (χ3v) is 3.02. The fourth-order valence-corrected chi connectivity index (χ4v) is 1.88. The van der Waals surface area contributed by atoms with Gasteiger partial charge < -0.3 is 15.1 Å². The molecule has 0 fully saturated rings. The number of hydrogen-bond acceptors (Lipinski definition) is 4. The number of nitrogens with zero attached hydrogens (tertiary/aromatic N) is 1. The van der Waals surface area contributed by atoms with Gasteiger partial charge in [-0.3, -0.25) is 4.79 Å². The van der Waals surface area contributed by atoms with Crippen molar-refractivity contribution in [2.45, 2.75) is 13.8 Å². The molecular formula is C15H20ClN3O2. The number of carbonyl (C=O) groups excluding carboxylic acids is 1. The van der Waals surface area contributed by atoms with E-state index in [4.69, 9.17) is 4.42 Å². The van der Waals surface area contributed by atoms with Crippen LogP contribution < -0.4 is 10.6 Å². The van der Waals surface area contributed by atoms with E-state index in [0.717, 1.165) is 17.0 Å². The van der Waals surface area contributed by atoms with Gasteiger partial charge in [-0.1, -0.05) is 6.92 Å². The van der Waals surface area contributed by atoms with Crippen LogP contribution in [-0.2, 0) is 4.79 Å². The third kappa shape index (κ3) is 4.58. The zero-order valence-electron chi connectivity index (χ0n) is 12.3. The Balaban J connectivity index is 0.00000220. The van der Waals surface area contributed by atoms with Crippen molar-refractivity contribution >= 4 is 24.0 Å². The van der Waals surface area contributed by atoms with Crippen molar-refractivity contribution in [1.82, 2.24) is 10.3 Å². The van der Waals surface area contributed by atoms with Crippen molar-refractivity contribution in [3.8, 4) is 11.3 Å². The highest BCUT2D eigenvalue weighted by Crippen LogP contribution is 2.22. The molecule has 6 heteroatoms. The summed E-state index contributed by atoms with van der Waals surface area (Å²) in [6.07, 6.45) is 1.69. The normalized spacial score (nSPS) is 11.6. The largest absolute Gasteiger partial charge is 0.441 e. The molecule has 2 aromatic rings. The number of halogens is 1. The molecule has 0 bridgehead atoms. The first-order chi connectivity index (χ1) is 9.60. The summed E-state index contributed by atoms with van der Waals surface area (Å²) in [5.41, 5.74) is 1.71. The van der Waals surface area contributed by atoms with Crippen molar-refractivity contribution in [3.63, 3.8) is 0 Å². The van der Waals surface area contributed by atoms with Crippen LogP contribution in [0.15, 0.2) is 34.9 Å². The minimum absolute atomic E-state index is 0. The van der Waals surface area contributed by atoms with Crippen molar-refractivity contribution in [2.75, 3.05) is 18.9 Å². The van der Waals surface area contributed by atoms with E-state index in [0.29, 0.717) is 12.4 Å². The van der Waals surface area contributed by atoms with Gasteiger partial charge in [0.15, 0.2) is 11.7 Å². The maximum absolute atomic E-state index is 11.9. The summed E-state index contributed by atoms with van der Waals surface area (Å²) in [6.45, 7) is 4.35. The number of hydrogen-bond donors (Lipinski definition) is 2. The van der Waals surface area contributed by atoms with E-state index in [1.165, 1.54) is 0 Å². The van der Waals surface area contributed by atoms with E-state index in [9.17, 15) is 4.79 Å². The van der Waals surface area contributed by atoms with Gasteiger partial charge in [0.05, 0.1) is 6.20 Å². The van der Waals surface area contributed by atoms with Crippen LogP contribution in [0, 0.1) is 12.8 Å². The lowest BCUT2D eigenvalue weighted by Crippen LogP contribution is -2.28. The van der Waals surface area contributed by atoms with Gasteiger partial charge in [0.1, 0.15) is 0 Å². The summed E-state index contributed by atoms with van der Waals surface area (Å²) in [5.74, 6) is 1.29. The number of benzene rings is 1. The highest BCUT2D eigenvalue weighted by atomic mass is 35.5. The Hall–Kier alpha value is -1.85. The molecule has 0 aliphatic rings. The molecule has 5 nitrogen and oxygen atoms in total. The van der Waals surface area contributed by atoms with Gasteiger partial charge in [0, 0.05) is 30.6 Å². The number of aromatic nitrogens is 1. The van der Waals surface area contributed by atoms with E-state index < -0.39 is 0 Å². The van der Waals surface area contributed by atoms with Gasteiger partial charge in [-0.05, 0) is 31.3 Å². The van der Waals surface area contributed by atoms with E-state index in [-0.39, 0.29) is 24.2 Å². The maximum Gasteiger partial charge on any atom is 0.228 e. The average Bonchev–Trinajstić information content (AvgIpc) is 2.86. The summed E-state index contributed by atoms with van der Waals surface area (Å²) in [7, 11) is 1.83. The molecule has 1 aromatic heterocycles. The second-order valence-corrected chi connectivity index (χ2v) is 4.77. The Bertz CT molecular complexity index is 581. The van der Waals surface area contributed by atoms with Crippen molar-refractivity contribution in [3.05, 3.63) is 36.4 Å². The molecule has 2 N–H and O–H groups in total. The molecule has 2 rings (SSSR count). The Morgan fingerprint density at radius 3 is 2.52 bits per heavy atom. The molecule has 1 aromatic carbocycles. The molecule has 0 radical (unpaired) electrons. The summed E-state index contributed by atoms with van der Waals surface area (Å²) >= 11 is 0. The fourth-order valence-electron chi connectivity index (χ4n) is 1.88. The lowest BCUT2D eigenvalue weighted by Gasteiger charge is -2.11. The van der Waals surface area contributed by atoms with Crippen LogP contribution in [-0.4, -0.2) is 24.5 Å². The highest BCUT2D eigenvalue weighted by Gasteiger charge is 2.12. The number of amides is 1. The zero-order valence-corrected chi connectivity index (χ0v) is 13.2. The van der Waals surface area contributed by atoms with Crippen LogP contribution in [0.3, 0.4) is 0 Å². The average molecular weight is 310 g/mol. The van der Waals surface area contributed by atoms with E-state index in [1.807, 2.05) is 38.2 Å². The fraction of sp³-hybridized carbons (Fsp3) is 0.333. The first-order valence-corrected chi connectivity index (χ1v) is 6.58. The van der Waals surface area contributed by atoms with Crippen molar-refractivity contribution in [1.29, 1.82) is 0 Å². The Morgan fingerprint density at radius 1 is 1.33 bits per heavy atom. The molecule has 0 spiro atoms. The molecule has 1 amide bonds. The molecule has 0 aliphatic carbocycles. The lowest BCUT2D eigenvalue weighted by molar-refractivity contribution is -0.119. The molecule has 0 aliphatic heterocycles. The number of aryl methyl sites for hydroxylation is 1. The Kier molecular flexibility index (Phi) is 6.39. The quantitative estimate of drug-likeness (QED) is 0.891. The van der Waals surface area contributed by atoms with Crippen LogP contribution in [0.1, 0.15) is 12.8 Å². The van der Waals surface area contributed by atoms with Gasteiger partial charge in [-0.2, -0.15) is 0 Å². The molecule has 0 saturated heterocycles. The summed E-state index contributed by atoms with van der Waals surface area (Å²) < 4.78 is 5.45. The van der Waals surface area contributed by atoms with Crippen LogP contribution in [0.25, 0.3) is 11.3 Å². The second kappa shape index (κ2) is 7.81. The Labute approximate surface area is 130 Å². The maximum atomic E-state index is 11.9. The highest BCUT2D eigenvalue weighted by molar-refractivity contribution is 5.92. The predicted octanol–water partition coefficient (Wildman–Crippen LogP) is 2.87.